The summed E-state index contributed by atoms with van der Waals surface area (Å²) in [5.74, 6) is -0.122. The maximum Gasteiger partial charge on any atom is 0.244 e. The maximum absolute atomic E-state index is 11.5. The fraction of sp³-hybridized carbons (Fsp3) is 0.438. The maximum atomic E-state index is 11.5. The van der Waals surface area contributed by atoms with Gasteiger partial charge in [0.2, 0.25) is 5.91 Å². The molecule has 1 amide bonds. The molecule has 0 spiro atoms. The van der Waals surface area contributed by atoms with E-state index in [1.54, 1.807) is 6.08 Å². The molecule has 1 unspecified atom stereocenters. The highest BCUT2D eigenvalue weighted by Gasteiger charge is 2.01. The lowest BCUT2D eigenvalue weighted by Crippen LogP contribution is -2.25. The molecule has 0 aliphatic rings. The minimum absolute atomic E-state index is 0.122. The molecule has 0 saturated heterocycles. The van der Waals surface area contributed by atoms with Crippen molar-refractivity contribution in [3.63, 3.8) is 0 Å². The van der Waals surface area contributed by atoms with E-state index < -0.39 is 0 Å². The number of hydrogen-bond acceptors (Lipinski definition) is 2. The van der Waals surface area contributed by atoms with Crippen LogP contribution in [0, 0.1) is 0 Å². The molecule has 1 aromatic rings. The highest BCUT2D eigenvalue weighted by molar-refractivity contribution is 5.91. The molecule has 0 aliphatic heterocycles. The first-order valence-corrected chi connectivity index (χ1v) is 6.88. The zero-order chi connectivity index (χ0) is 14.1. The number of aliphatic hydroxyl groups is 1. The van der Waals surface area contributed by atoms with Gasteiger partial charge in [-0.25, -0.2) is 0 Å². The molecule has 1 aromatic carbocycles. The van der Waals surface area contributed by atoms with E-state index in [2.05, 4.69) is 24.4 Å². The number of benzene rings is 1. The Morgan fingerprint density at radius 3 is 2.58 bits per heavy atom. The zero-order valence-corrected chi connectivity index (χ0v) is 11.7. The molecule has 3 nitrogen and oxygen atoms in total. The number of aryl methyl sites for hydroxylation is 1. The number of aliphatic hydroxyl groups excluding tert-OH is 1. The van der Waals surface area contributed by atoms with E-state index in [1.807, 2.05) is 19.1 Å². The Morgan fingerprint density at radius 2 is 2.00 bits per heavy atom. The minimum Gasteiger partial charge on any atom is -0.393 e. The second-order valence-electron chi connectivity index (χ2n) is 4.57. The van der Waals surface area contributed by atoms with Gasteiger partial charge in [0.15, 0.2) is 0 Å². The van der Waals surface area contributed by atoms with Crippen molar-refractivity contribution in [2.24, 2.45) is 0 Å². The van der Waals surface area contributed by atoms with Crippen molar-refractivity contribution in [1.29, 1.82) is 0 Å². The third-order valence-electron chi connectivity index (χ3n) is 3.06. The van der Waals surface area contributed by atoms with Crippen LogP contribution in [0.5, 0.6) is 0 Å². The van der Waals surface area contributed by atoms with Crippen LogP contribution in [0.4, 0.5) is 0 Å². The lowest BCUT2D eigenvalue weighted by molar-refractivity contribution is -0.116. The zero-order valence-electron chi connectivity index (χ0n) is 11.7. The van der Waals surface area contributed by atoms with Gasteiger partial charge in [0, 0.05) is 12.6 Å². The van der Waals surface area contributed by atoms with Gasteiger partial charge in [-0.15, -0.1) is 0 Å². The monoisotopic (exact) mass is 261 g/mol. The number of carbonyl (C=O) groups excluding carboxylic acids is 1. The average Bonchev–Trinajstić information content (AvgIpc) is 2.45. The Balaban J connectivity index is 2.36. The van der Waals surface area contributed by atoms with Gasteiger partial charge in [-0.1, -0.05) is 38.1 Å². The van der Waals surface area contributed by atoms with E-state index in [1.165, 1.54) is 11.6 Å². The molecule has 0 fully saturated rings. The first-order valence-electron chi connectivity index (χ1n) is 6.88. The van der Waals surface area contributed by atoms with Crippen LogP contribution in [0.2, 0.25) is 0 Å². The number of hydrogen-bond donors (Lipinski definition) is 2. The van der Waals surface area contributed by atoms with Gasteiger partial charge in [0.1, 0.15) is 0 Å². The van der Waals surface area contributed by atoms with Crippen LogP contribution in [0.15, 0.2) is 30.3 Å². The molecular weight excluding hydrogens is 238 g/mol. The quantitative estimate of drug-likeness (QED) is 0.741. The second kappa shape index (κ2) is 8.48. The van der Waals surface area contributed by atoms with Gasteiger partial charge in [0.25, 0.3) is 0 Å². The average molecular weight is 261 g/mol. The van der Waals surface area contributed by atoms with Crippen LogP contribution in [-0.4, -0.2) is 23.7 Å². The predicted molar refractivity (Wildman–Crippen MR) is 78.8 cm³/mol. The van der Waals surface area contributed by atoms with Gasteiger partial charge >= 0.3 is 0 Å². The van der Waals surface area contributed by atoms with Crippen LogP contribution in [-0.2, 0) is 11.2 Å². The Morgan fingerprint density at radius 1 is 1.32 bits per heavy atom. The van der Waals surface area contributed by atoms with Gasteiger partial charge in [-0.3, -0.25) is 4.79 Å². The molecule has 0 bridgehead atoms. The summed E-state index contributed by atoms with van der Waals surface area (Å²) in [5, 5.41) is 12.1. The van der Waals surface area contributed by atoms with E-state index in [4.69, 9.17) is 0 Å². The molecule has 0 heterocycles. The van der Waals surface area contributed by atoms with Crippen molar-refractivity contribution < 1.29 is 9.90 Å². The standard InChI is InChI=1S/C16H23NO2/c1-3-13-5-7-14(8-6-13)9-10-16(19)17-12-11-15(18)4-2/h5-10,15,18H,3-4,11-12H2,1-2H3,(H,17,19)/b10-9+. The van der Waals surface area contributed by atoms with E-state index in [0.717, 1.165) is 18.4 Å². The molecule has 0 radical (unpaired) electrons. The SMILES string of the molecule is CCc1ccc(/C=C/C(=O)NCCC(O)CC)cc1. The molecule has 0 aliphatic carbocycles. The molecule has 104 valence electrons. The van der Waals surface area contributed by atoms with E-state index >= 15 is 0 Å². The third-order valence-corrected chi connectivity index (χ3v) is 3.06. The van der Waals surface area contributed by atoms with Crippen LogP contribution >= 0.6 is 0 Å². The lowest BCUT2D eigenvalue weighted by Gasteiger charge is -2.07. The molecule has 19 heavy (non-hydrogen) atoms. The normalized spacial score (nSPS) is 12.6. The molecule has 1 atom stereocenters. The molecule has 0 aromatic heterocycles. The topological polar surface area (TPSA) is 49.3 Å². The van der Waals surface area contributed by atoms with Gasteiger partial charge in [0.05, 0.1) is 6.10 Å². The Bertz CT molecular complexity index is 409. The Labute approximate surface area is 115 Å². The highest BCUT2D eigenvalue weighted by atomic mass is 16.3. The van der Waals surface area contributed by atoms with Crippen LogP contribution in [0.25, 0.3) is 6.08 Å². The summed E-state index contributed by atoms with van der Waals surface area (Å²) in [6, 6.07) is 8.14. The van der Waals surface area contributed by atoms with Crippen molar-refractivity contribution >= 4 is 12.0 Å². The van der Waals surface area contributed by atoms with E-state index in [-0.39, 0.29) is 12.0 Å². The summed E-state index contributed by atoms with van der Waals surface area (Å²) in [6.45, 7) is 4.54. The first-order chi connectivity index (χ1) is 9.15. The van der Waals surface area contributed by atoms with Crippen molar-refractivity contribution in [1.82, 2.24) is 5.32 Å². The van der Waals surface area contributed by atoms with Crippen LogP contribution in [0.3, 0.4) is 0 Å². The van der Waals surface area contributed by atoms with Gasteiger partial charge < -0.3 is 10.4 Å². The minimum atomic E-state index is -0.328. The molecular formula is C16H23NO2. The number of carbonyl (C=O) groups is 1. The van der Waals surface area contributed by atoms with Crippen LogP contribution < -0.4 is 5.32 Å². The fourth-order valence-electron chi connectivity index (χ4n) is 1.66. The molecule has 3 heteroatoms. The second-order valence-corrected chi connectivity index (χ2v) is 4.57. The third kappa shape index (κ3) is 6.20. The summed E-state index contributed by atoms with van der Waals surface area (Å²) in [7, 11) is 0. The van der Waals surface area contributed by atoms with Crippen molar-refractivity contribution in [3.05, 3.63) is 41.5 Å². The number of amides is 1. The molecule has 0 saturated carbocycles. The first kappa shape index (κ1) is 15.4. The van der Waals surface area contributed by atoms with Crippen molar-refractivity contribution in [3.8, 4) is 0 Å². The number of rotatable bonds is 7. The van der Waals surface area contributed by atoms with Crippen molar-refractivity contribution in [2.75, 3.05) is 6.54 Å². The van der Waals surface area contributed by atoms with Crippen LogP contribution in [0.1, 0.15) is 37.8 Å². The largest absolute Gasteiger partial charge is 0.393 e. The highest BCUT2D eigenvalue weighted by Crippen LogP contribution is 2.06. The van der Waals surface area contributed by atoms with Gasteiger partial charge in [-0.05, 0) is 36.5 Å². The van der Waals surface area contributed by atoms with E-state index in [0.29, 0.717) is 13.0 Å². The Kier molecular flexibility index (Phi) is 6.90. The molecule has 1 rings (SSSR count). The number of nitrogens with one attached hydrogen (secondary N) is 1. The summed E-state index contributed by atoms with van der Waals surface area (Å²) in [4.78, 5) is 11.5. The Hall–Kier alpha value is -1.61. The summed E-state index contributed by atoms with van der Waals surface area (Å²) < 4.78 is 0. The lowest BCUT2D eigenvalue weighted by atomic mass is 10.1. The molecule has 2 N–H and O–H groups in total. The summed E-state index contributed by atoms with van der Waals surface area (Å²) >= 11 is 0. The van der Waals surface area contributed by atoms with Crippen molar-refractivity contribution in [2.45, 2.75) is 39.2 Å². The predicted octanol–water partition coefficient (Wildman–Crippen LogP) is 2.54. The van der Waals surface area contributed by atoms with Gasteiger partial charge in [-0.2, -0.15) is 0 Å². The fourth-order valence-corrected chi connectivity index (χ4v) is 1.66. The van der Waals surface area contributed by atoms with E-state index in [9.17, 15) is 9.90 Å². The summed E-state index contributed by atoms with van der Waals surface area (Å²) in [5.41, 5.74) is 2.30. The summed E-state index contributed by atoms with van der Waals surface area (Å²) in [6.07, 6.45) is 5.33. The smallest absolute Gasteiger partial charge is 0.244 e.